The van der Waals surface area contributed by atoms with Crippen LogP contribution in [0.2, 0.25) is 5.02 Å². The highest BCUT2D eigenvalue weighted by Gasteiger charge is 2.19. The second-order valence-corrected chi connectivity index (χ2v) is 8.67. The number of hydrogen-bond donors (Lipinski definition) is 1. The highest BCUT2D eigenvalue weighted by Crippen LogP contribution is 2.34. The molecule has 176 valence electrons. The van der Waals surface area contributed by atoms with E-state index >= 15 is 0 Å². The maximum Gasteiger partial charge on any atom is 0.139 e. The van der Waals surface area contributed by atoms with Crippen molar-refractivity contribution in [1.82, 2.24) is 19.4 Å². The van der Waals surface area contributed by atoms with Crippen molar-refractivity contribution in [2.24, 2.45) is 0 Å². The molecular weight excluding hydrogens is 452 g/mol. The molecule has 0 radical (unpaired) electrons. The third-order valence-electron chi connectivity index (χ3n) is 6.29. The number of aryl methyl sites for hydroxylation is 1. The van der Waals surface area contributed by atoms with Crippen molar-refractivity contribution in [2.75, 3.05) is 43.1 Å². The van der Waals surface area contributed by atoms with Crippen LogP contribution in [-0.2, 0) is 13.0 Å². The van der Waals surface area contributed by atoms with Gasteiger partial charge in [-0.15, -0.1) is 0 Å². The van der Waals surface area contributed by atoms with Gasteiger partial charge in [0.15, 0.2) is 0 Å². The number of piperazine rings is 1. The summed E-state index contributed by atoms with van der Waals surface area (Å²) in [5.74, 6) is 1.41. The van der Waals surface area contributed by atoms with Crippen molar-refractivity contribution in [2.45, 2.75) is 20.0 Å². The first kappa shape index (κ1) is 22.4. The van der Waals surface area contributed by atoms with Crippen molar-refractivity contribution in [3.8, 4) is 17.0 Å². The summed E-state index contributed by atoms with van der Waals surface area (Å²) in [6.07, 6.45) is 8.67. The third kappa shape index (κ3) is 4.26. The molecule has 5 rings (SSSR count). The maximum absolute atomic E-state index is 9.86. The van der Waals surface area contributed by atoms with Crippen molar-refractivity contribution < 1.29 is 9.84 Å². The summed E-state index contributed by atoms with van der Waals surface area (Å²) in [5.41, 5.74) is 5.32. The molecule has 4 aromatic rings. The number of imidazole rings is 1. The summed E-state index contributed by atoms with van der Waals surface area (Å²) in [6, 6.07) is 7.77. The first-order valence-corrected chi connectivity index (χ1v) is 11.7. The van der Waals surface area contributed by atoms with E-state index in [9.17, 15) is 5.11 Å². The number of aromatic nitrogens is 4. The molecule has 34 heavy (non-hydrogen) atoms. The van der Waals surface area contributed by atoms with E-state index in [1.807, 2.05) is 29.2 Å². The molecule has 0 spiro atoms. The lowest BCUT2D eigenvalue weighted by molar-refractivity contribution is 0.281. The normalized spacial score (nSPS) is 14.1. The van der Waals surface area contributed by atoms with Crippen LogP contribution in [0, 0.1) is 0 Å². The summed E-state index contributed by atoms with van der Waals surface area (Å²) in [6.45, 7) is 5.56. The van der Waals surface area contributed by atoms with E-state index in [4.69, 9.17) is 21.3 Å². The van der Waals surface area contributed by atoms with Crippen molar-refractivity contribution in [3.05, 3.63) is 65.5 Å². The molecule has 3 aromatic heterocycles. The molecule has 1 aliphatic rings. The molecular formula is C25H27ClN6O2. The van der Waals surface area contributed by atoms with Gasteiger partial charge in [0.1, 0.15) is 17.2 Å². The number of ether oxygens (including phenoxy) is 1. The molecule has 9 heteroatoms. The quantitative estimate of drug-likeness (QED) is 0.451. The van der Waals surface area contributed by atoms with E-state index in [0.717, 1.165) is 72.3 Å². The number of hydrogen-bond acceptors (Lipinski definition) is 7. The SMILES string of the molecule is CCc1ncc(N2CCN(c3ccn4cc(-c5cc(Cl)c(OC)cc5CO)nc4c3)CC2)cn1. The van der Waals surface area contributed by atoms with Gasteiger partial charge in [-0.3, -0.25) is 0 Å². The molecule has 4 heterocycles. The molecule has 1 fully saturated rings. The van der Waals surface area contributed by atoms with Gasteiger partial charge < -0.3 is 24.0 Å². The highest BCUT2D eigenvalue weighted by atomic mass is 35.5. The van der Waals surface area contributed by atoms with Gasteiger partial charge in [0.25, 0.3) is 0 Å². The summed E-state index contributed by atoms with van der Waals surface area (Å²) in [4.78, 5) is 18.4. The van der Waals surface area contributed by atoms with Crippen LogP contribution in [0.4, 0.5) is 11.4 Å². The highest BCUT2D eigenvalue weighted by molar-refractivity contribution is 6.32. The Kier molecular flexibility index (Phi) is 6.26. The number of halogens is 1. The van der Waals surface area contributed by atoms with Crippen LogP contribution in [0.15, 0.2) is 49.1 Å². The molecule has 8 nitrogen and oxygen atoms in total. The second kappa shape index (κ2) is 9.48. The number of fused-ring (bicyclic) bond motifs is 1. The Hall–Kier alpha value is -3.36. The minimum Gasteiger partial charge on any atom is -0.495 e. The van der Waals surface area contributed by atoms with E-state index in [2.05, 4.69) is 38.8 Å². The van der Waals surface area contributed by atoms with Crippen LogP contribution in [0.1, 0.15) is 18.3 Å². The Morgan fingerprint density at radius 1 is 1.03 bits per heavy atom. The minimum absolute atomic E-state index is 0.127. The Labute approximate surface area is 203 Å². The van der Waals surface area contributed by atoms with Crippen LogP contribution in [0.25, 0.3) is 16.9 Å². The summed E-state index contributed by atoms with van der Waals surface area (Å²) < 4.78 is 7.27. The van der Waals surface area contributed by atoms with Crippen molar-refractivity contribution in [1.29, 1.82) is 0 Å². The number of benzene rings is 1. The monoisotopic (exact) mass is 478 g/mol. The van der Waals surface area contributed by atoms with E-state index in [1.54, 1.807) is 19.2 Å². The molecule has 0 bridgehead atoms. The van der Waals surface area contributed by atoms with Crippen LogP contribution < -0.4 is 14.5 Å². The number of nitrogens with zero attached hydrogens (tertiary/aromatic N) is 6. The van der Waals surface area contributed by atoms with Crippen molar-refractivity contribution >= 4 is 28.6 Å². The molecule has 0 unspecified atom stereocenters. The standard InChI is InChI=1S/C25H27ClN6O2/c1-3-24-27-13-19(14-28-24)31-8-6-30(7-9-31)18-4-5-32-15-22(29-25(32)11-18)20-12-21(26)23(34-2)10-17(20)16-33/h4-5,10-15,33H,3,6-9,16H2,1-2H3. The number of rotatable bonds is 6. The molecule has 0 atom stereocenters. The average Bonchev–Trinajstić information content (AvgIpc) is 3.32. The fourth-order valence-corrected chi connectivity index (χ4v) is 4.58. The molecule has 0 saturated carbocycles. The average molecular weight is 479 g/mol. The largest absolute Gasteiger partial charge is 0.495 e. The molecule has 1 aliphatic heterocycles. The van der Waals surface area contributed by atoms with Gasteiger partial charge in [-0.05, 0) is 23.8 Å². The maximum atomic E-state index is 9.86. The number of methoxy groups -OCH3 is 1. The van der Waals surface area contributed by atoms with Gasteiger partial charge in [-0.2, -0.15) is 0 Å². The van der Waals surface area contributed by atoms with Crippen LogP contribution in [0.5, 0.6) is 5.75 Å². The summed E-state index contributed by atoms with van der Waals surface area (Å²) in [5, 5.41) is 10.3. The van der Waals surface area contributed by atoms with Crippen LogP contribution in [0.3, 0.4) is 0 Å². The Morgan fingerprint density at radius 3 is 2.38 bits per heavy atom. The minimum atomic E-state index is -0.127. The zero-order valence-electron chi connectivity index (χ0n) is 19.3. The number of aliphatic hydroxyl groups is 1. The number of anilines is 2. The molecule has 1 aromatic carbocycles. The fourth-order valence-electron chi connectivity index (χ4n) is 4.34. The zero-order chi connectivity index (χ0) is 23.7. The fraction of sp³-hybridized carbons (Fsp3) is 0.320. The predicted molar refractivity (Wildman–Crippen MR) is 134 cm³/mol. The number of aliphatic hydroxyl groups excluding tert-OH is 1. The van der Waals surface area contributed by atoms with Gasteiger partial charge in [-0.1, -0.05) is 18.5 Å². The van der Waals surface area contributed by atoms with Gasteiger partial charge in [0.05, 0.1) is 42.5 Å². The van der Waals surface area contributed by atoms with E-state index in [-0.39, 0.29) is 6.61 Å². The zero-order valence-corrected chi connectivity index (χ0v) is 20.0. The summed E-state index contributed by atoms with van der Waals surface area (Å²) in [7, 11) is 1.56. The van der Waals surface area contributed by atoms with Gasteiger partial charge in [0.2, 0.25) is 0 Å². The Morgan fingerprint density at radius 2 is 1.74 bits per heavy atom. The lowest BCUT2D eigenvalue weighted by Gasteiger charge is -2.37. The van der Waals surface area contributed by atoms with Gasteiger partial charge in [0, 0.05) is 62.3 Å². The second-order valence-electron chi connectivity index (χ2n) is 8.26. The third-order valence-corrected chi connectivity index (χ3v) is 6.58. The van der Waals surface area contributed by atoms with Crippen molar-refractivity contribution in [3.63, 3.8) is 0 Å². The van der Waals surface area contributed by atoms with Gasteiger partial charge in [-0.25, -0.2) is 15.0 Å². The first-order chi connectivity index (χ1) is 16.6. The van der Waals surface area contributed by atoms with Crippen LogP contribution >= 0.6 is 11.6 Å². The molecule has 0 amide bonds. The lowest BCUT2D eigenvalue weighted by atomic mass is 10.1. The van der Waals surface area contributed by atoms with E-state index in [0.29, 0.717) is 10.8 Å². The molecule has 0 aliphatic carbocycles. The van der Waals surface area contributed by atoms with Gasteiger partial charge >= 0.3 is 0 Å². The Bertz CT molecular complexity index is 1300. The topological polar surface area (TPSA) is 79.0 Å². The Balaban J connectivity index is 1.35. The van der Waals surface area contributed by atoms with E-state index in [1.165, 1.54) is 0 Å². The van der Waals surface area contributed by atoms with Crippen LogP contribution in [-0.4, -0.2) is 57.7 Å². The summed E-state index contributed by atoms with van der Waals surface area (Å²) >= 11 is 6.35. The predicted octanol–water partition coefficient (Wildman–Crippen LogP) is 3.83. The lowest BCUT2D eigenvalue weighted by Crippen LogP contribution is -2.46. The molecule has 1 N–H and O–H groups in total. The van der Waals surface area contributed by atoms with E-state index < -0.39 is 0 Å². The first-order valence-electron chi connectivity index (χ1n) is 11.4. The number of pyridine rings is 1. The smallest absolute Gasteiger partial charge is 0.139 e. The molecule has 1 saturated heterocycles.